The lowest BCUT2D eigenvalue weighted by Gasteiger charge is -2.42. The van der Waals surface area contributed by atoms with Crippen molar-refractivity contribution in [1.29, 1.82) is 0 Å². The van der Waals surface area contributed by atoms with Crippen LogP contribution in [0, 0.1) is 5.82 Å². The lowest BCUT2D eigenvalue weighted by atomic mass is 10.1. The summed E-state index contributed by atoms with van der Waals surface area (Å²) in [5.41, 5.74) is 1.38. The van der Waals surface area contributed by atoms with E-state index in [1.54, 1.807) is 35.9 Å². The number of fused-ring (bicyclic) bond motifs is 1. The van der Waals surface area contributed by atoms with Gasteiger partial charge in [-0.15, -0.1) is 0 Å². The number of carbonyl (C=O) groups excluding carboxylic acids is 2. The van der Waals surface area contributed by atoms with Crippen LogP contribution in [0.4, 0.5) is 15.8 Å². The molecule has 146 valence electrons. The van der Waals surface area contributed by atoms with Crippen LogP contribution in [-0.2, 0) is 9.59 Å². The van der Waals surface area contributed by atoms with Gasteiger partial charge in [-0.3, -0.25) is 9.59 Å². The van der Waals surface area contributed by atoms with Gasteiger partial charge in [-0.05, 0) is 31.2 Å². The number of nitrogens with zero attached hydrogens (tertiary/aromatic N) is 3. The Morgan fingerprint density at radius 3 is 2.29 bits per heavy atom. The number of benzene rings is 2. The van der Waals surface area contributed by atoms with E-state index in [0.717, 1.165) is 10.6 Å². The van der Waals surface area contributed by atoms with Crippen LogP contribution in [0.5, 0.6) is 0 Å². The van der Waals surface area contributed by atoms with Gasteiger partial charge in [0.25, 0.3) is 5.91 Å². The maximum absolute atomic E-state index is 14.0. The first-order valence-corrected chi connectivity index (χ1v) is 10.1. The first-order chi connectivity index (χ1) is 13.4. The zero-order valence-corrected chi connectivity index (χ0v) is 16.7. The predicted molar refractivity (Wildman–Crippen MR) is 109 cm³/mol. The fraction of sp³-hybridized carbons (Fsp3) is 0.333. The van der Waals surface area contributed by atoms with Gasteiger partial charge >= 0.3 is 0 Å². The van der Waals surface area contributed by atoms with Crippen LogP contribution in [0.25, 0.3) is 0 Å². The molecule has 0 aliphatic carbocycles. The fourth-order valence-corrected chi connectivity index (χ4v) is 5.15. The Hall–Kier alpha value is -2.54. The van der Waals surface area contributed by atoms with Gasteiger partial charge in [0.2, 0.25) is 5.91 Å². The first kappa shape index (κ1) is 18.8. The molecule has 0 spiro atoms. The number of para-hydroxylation sites is 2. The molecular formula is C21H22FN3O2S. The second-order valence-electron chi connectivity index (χ2n) is 7.20. The van der Waals surface area contributed by atoms with Gasteiger partial charge in [-0.25, -0.2) is 4.39 Å². The van der Waals surface area contributed by atoms with Gasteiger partial charge in [-0.1, -0.05) is 36.0 Å². The number of hydrogen-bond acceptors (Lipinski definition) is 4. The number of anilines is 2. The monoisotopic (exact) mass is 399 g/mol. The van der Waals surface area contributed by atoms with Gasteiger partial charge in [0.1, 0.15) is 5.82 Å². The van der Waals surface area contributed by atoms with E-state index >= 15 is 0 Å². The summed E-state index contributed by atoms with van der Waals surface area (Å²) in [6, 6.07) is 14.3. The standard InChI is InChI=1S/C21H22FN3O2S/c1-21(19(26)23(2)17-9-5-6-10-18(17)28-21)20(27)25-13-11-24(12-14-25)16-8-4-3-7-15(16)22/h3-10H,11-14H2,1-2H3. The normalized spacial score (nSPS) is 22.2. The smallest absolute Gasteiger partial charge is 0.252 e. The van der Waals surface area contributed by atoms with Crippen LogP contribution in [0.3, 0.4) is 0 Å². The SMILES string of the molecule is CN1C(=O)C(C)(C(=O)N2CCN(c3ccccc3F)CC2)Sc2ccccc21. The minimum absolute atomic E-state index is 0.183. The van der Waals surface area contributed by atoms with Crippen LogP contribution in [0.1, 0.15) is 6.92 Å². The van der Waals surface area contributed by atoms with Crippen molar-refractivity contribution in [3.63, 3.8) is 0 Å². The van der Waals surface area contributed by atoms with Crippen molar-refractivity contribution in [2.24, 2.45) is 0 Å². The minimum Gasteiger partial charge on any atom is -0.366 e. The van der Waals surface area contributed by atoms with E-state index < -0.39 is 4.75 Å². The summed E-state index contributed by atoms with van der Waals surface area (Å²) >= 11 is 1.32. The molecule has 4 rings (SSSR count). The first-order valence-electron chi connectivity index (χ1n) is 9.27. The molecule has 2 aromatic carbocycles. The maximum atomic E-state index is 14.0. The highest BCUT2D eigenvalue weighted by Gasteiger charge is 2.50. The Bertz CT molecular complexity index is 929. The number of carbonyl (C=O) groups is 2. The number of thioether (sulfide) groups is 1. The number of halogens is 1. The summed E-state index contributed by atoms with van der Waals surface area (Å²) < 4.78 is 12.8. The molecule has 1 saturated heterocycles. The van der Waals surface area contributed by atoms with E-state index in [2.05, 4.69) is 0 Å². The average molecular weight is 399 g/mol. The number of hydrogen-bond donors (Lipinski definition) is 0. The molecule has 2 aliphatic rings. The molecule has 2 amide bonds. The molecule has 0 N–H and O–H groups in total. The van der Waals surface area contributed by atoms with Crippen molar-refractivity contribution in [2.45, 2.75) is 16.6 Å². The third-order valence-corrected chi connectivity index (χ3v) is 6.74. The Kier molecular flexibility index (Phi) is 4.79. The highest BCUT2D eigenvalue weighted by molar-refractivity contribution is 8.02. The molecule has 0 radical (unpaired) electrons. The Morgan fingerprint density at radius 1 is 1.00 bits per heavy atom. The van der Waals surface area contributed by atoms with Gasteiger partial charge in [0, 0.05) is 38.1 Å². The van der Waals surface area contributed by atoms with Crippen molar-refractivity contribution in [2.75, 3.05) is 43.0 Å². The molecule has 1 unspecified atom stereocenters. The Balaban J connectivity index is 1.51. The van der Waals surface area contributed by atoms with Gasteiger partial charge in [0.05, 0.1) is 11.4 Å². The number of piperazine rings is 1. The highest BCUT2D eigenvalue weighted by atomic mass is 32.2. The van der Waals surface area contributed by atoms with Gasteiger partial charge in [0.15, 0.2) is 4.75 Å². The molecular weight excluding hydrogens is 377 g/mol. The van der Waals surface area contributed by atoms with Crippen LogP contribution in [-0.4, -0.2) is 54.7 Å². The number of amides is 2. The summed E-state index contributed by atoms with van der Waals surface area (Å²) in [5.74, 6) is -0.653. The van der Waals surface area contributed by atoms with Crippen LogP contribution < -0.4 is 9.80 Å². The third-order valence-electron chi connectivity index (χ3n) is 5.42. The zero-order valence-electron chi connectivity index (χ0n) is 15.9. The van der Waals surface area contributed by atoms with Crippen LogP contribution in [0.2, 0.25) is 0 Å². The van der Waals surface area contributed by atoms with E-state index in [9.17, 15) is 14.0 Å². The molecule has 2 aromatic rings. The van der Waals surface area contributed by atoms with E-state index in [1.807, 2.05) is 35.2 Å². The molecule has 1 fully saturated rings. The van der Waals surface area contributed by atoms with Gasteiger partial charge < -0.3 is 14.7 Å². The van der Waals surface area contributed by atoms with Crippen LogP contribution in [0.15, 0.2) is 53.4 Å². The summed E-state index contributed by atoms with van der Waals surface area (Å²) in [6.45, 7) is 3.70. The molecule has 2 heterocycles. The molecule has 0 saturated carbocycles. The molecule has 5 nitrogen and oxygen atoms in total. The quantitative estimate of drug-likeness (QED) is 0.729. The minimum atomic E-state index is -1.19. The fourth-order valence-electron chi connectivity index (χ4n) is 3.81. The average Bonchev–Trinajstić information content (AvgIpc) is 2.72. The third kappa shape index (κ3) is 3.03. The molecule has 7 heteroatoms. The largest absolute Gasteiger partial charge is 0.366 e. The summed E-state index contributed by atoms with van der Waals surface area (Å²) in [6.07, 6.45) is 0. The van der Waals surface area contributed by atoms with E-state index in [0.29, 0.717) is 31.9 Å². The van der Waals surface area contributed by atoms with Crippen molar-refractivity contribution < 1.29 is 14.0 Å². The Morgan fingerprint density at radius 2 is 1.61 bits per heavy atom. The second-order valence-corrected chi connectivity index (χ2v) is 8.66. The number of rotatable bonds is 2. The zero-order chi connectivity index (χ0) is 19.9. The van der Waals surface area contributed by atoms with Crippen molar-refractivity contribution in [3.05, 3.63) is 54.3 Å². The second kappa shape index (κ2) is 7.13. The topological polar surface area (TPSA) is 43.9 Å². The van der Waals surface area contributed by atoms with Crippen molar-refractivity contribution in [3.8, 4) is 0 Å². The van der Waals surface area contributed by atoms with Gasteiger partial charge in [-0.2, -0.15) is 0 Å². The van der Waals surface area contributed by atoms with Crippen LogP contribution >= 0.6 is 11.8 Å². The lowest BCUT2D eigenvalue weighted by molar-refractivity contribution is -0.138. The van der Waals surface area contributed by atoms with Crippen molar-refractivity contribution in [1.82, 2.24) is 4.90 Å². The molecule has 28 heavy (non-hydrogen) atoms. The highest BCUT2D eigenvalue weighted by Crippen LogP contribution is 2.45. The summed E-state index contributed by atoms with van der Waals surface area (Å²) in [7, 11) is 1.71. The molecule has 0 bridgehead atoms. The molecule has 2 aliphatic heterocycles. The molecule has 1 atom stereocenters. The van der Waals surface area contributed by atoms with Crippen molar-refractivity contribution >= 4 is 35.0 Å². The summed E-state index contributed by atoms with van der Waals surface area (Å²) in [4.78, 5) is 32.5. The lowest BCUT2D eigenvalue weighted by Crippen LogP contribution is -2.60. The van der Waals surface area contributed by atoms with E-state index in [-0.39, 0.29) is 17.6 Å². The maximum Gasteiger partial charge on any atom is 0.252 e. The molecule has 0 aromatic heterocycles. The summed E-state index contributed by atoms with van der Waals surface area (Å²) in [5, 5.41) is 0. The van der Waals surface area contributed by atoms with E-state index in [1.165, 1.54) is 17.8 Å². The van der Waals surface area contributed by atoms with E-state index in [4.69, 9.17) is 0 Å². The predicted octanol–water partition coefficient (Wildman–Crippen LogP) is 3.00. The Labute approximate surface area is 168 Å².